The van der Waals surface area contributed by atoms with E-state index in [1.54, 1.807) is 23.3 Å². The lowest BCUT2D eigenvalue weighted by Crippen LogP contribution is -2.30. The molecule has 5 aromatic rings. The van der Waals surface area contributed by atoms with E-state index < -0.39 is 0 Å². The minimum absolute atomic E-state index is 0.167. The minimum atomic E-state index is -0.167. The van der Waals surface area contributed by atoms with Crippen molar-refractivity contribution in [1.29, 1.82) is 0 Å². The Bertz CT molecular complexity index is 1410. The number of ether oxygens (including phenoxy) is 1. The molecule has 0 saturated heterocycles. The van der Waals surface area contributed by atoms with Crippen molar-refractivity contribution in [3.05, 3.63) is 108 Å². The third-order valence-electron chi connectivity index (χ3n) is 5.49. The second kappa shape index (κ2) is 9.53. The zero-order valence-corrected chi connectivity index (χ0v) is 19.8. The summed E-state index contributed by atoms with van der Waals surface area (Å²) in [6.07, 6.45) is 1.61. The summed E-state index contributed by atoms with van der Waals surface area (Å²) in [7, 11) is 0. The summed E-state index contributed by atoms with van der Waals surface area (Å²) in [6, 6.07) is 26.6. The van der Waals surface area contributed by atoms with Gasteiger partial charge in [-0.05, 0) is 60.0 Å². The quantitative estimate of drug-likeness (QED) is 0.246. The molecule has 0 aliphatic rings. The summed E-state index contributed by atoms with van der Waals surface area (Å²) < 4.78 is 12.6. The first-order chi connectivity index (χ1) is 16.6. The average molecular weight is 469 g/mol. The van der Waals surface area contributed by atoms with Gasteiger partial charge in [-0.3, -0.25) is 9.69 Å². The van der Waals surface area contributed by atoms with E-state index in [9.17, 15) is 4.79 Å². The number of amides is 1. The van der Waals surface area contributed by atoms with Crippen LogP contribution in [0.2, 0.25) is 0 Å². The Labute approximate surface area is 202 Å². The number of hydrogen-bond donors (Lipinski definition) is 0. The van der Waals surface area contributed by atoms with Gasteiger partial charge in [0.25, 0.3) is 5.91 Å². The molecule has 0 saturated carbocycles. The van der Waals surface area contributed by atoms with Crippen LogP contribution in [0.25, 0.3) is 10.2 Å². The average Bonchev–Trinajstić information content (AvgIpc) is 3.52. The molecule has 0 unspecified atom stereocenters. The lowest BCUT2D eigenvalue weighted by Gasteiger charge is -2.19. The Morgan fingerprint density at radius 1 is 0.971 bits per heavy atom. The van der Waals surface area contributed by atoms with Gasteiger partial charge < -0.3 is 9.15 Å². The Morgan fingerprint density at radius 2 is 1.76 bits per heavy atom. The molecule has 5 nitrogen and oxygen atoms in total. The highest BCUT2D eigenvalue weighted by Gasteiger charge is 2.24. The van der Waals surface area contributed by atoms with Gasteiger partial charge >= 0.3 is 0 Å². The van der Waals surface area contributed by atoms with Crippen LogP contribution in [0.1, 0.15) is 41.4 Å². The number of carbonyl (C=O) groups excluding carboxylic acids is 1. The first kappa shape index (κ1) is 21.9. The fourth-order valence-corrected chi connectivity index (χ4v) is 4.80. The number of anilines is 1. The third kappa shape index (κ3) is 4.58. The molecule has 0 spiro atoms. The number of para-hydroxylation sites is 2. The number of benzene rings is 3. The summed E-state index contributed by atoms with van der Waals surface area (Å²) in [5, 5.41) is 0.638. The molecule has 1 amide bonds. The van der Waals surface area contributed by atoms with Crippen molar-refractivity contribution >= 4 is 32.6 Å². The Kier molecular flexibility index (Phi) is 6.14. The normalized spacial score (nSPS) is 11.1. The second-order valence-corrected chi connectivity index (χ2v) is 9.27. The molecule has 0 aliphatic heterocycles. The fraction of sp³-hybridized carbons (Fsp3) is 0.143. The van der Waals surface area contributed by atoms with Gasteiger partial charge in [0.15, 0.2) is 5.13 Å². The number of fused-ring (bicyclic) bond motifs is 1. The predicted molar refractivity (Wildman–Crippen MR) is 136 cm³/mol. The van der Waals surface area contributed by atoms with E-state index in [-0.39, 0.29) is 12.5 Å². The molecule has 0 N–H and O–H groups in total. The SMILES string of the molecule is CC(C)c1cccc2sc(N(Cc3ccco3)C(=O)c3cccc(Oc4ccccc4)c3)nc12. The molecular weight excluding hydrogens is 444 g/mol. The standard InChI is InChI=1S/C28H24N2O3S/c1-19(2)24-14-7-15-25-26(24)29-28(34-25)30(18-23-13-8-16-32-23)27(31)20-9-6-12-22(17-20)33-21-10-4-3-5-11-21/h3-17,19H,18H2,1-2H3. The Hall–Kier alpha value is -3.90. The van der Waals surface area contributed by atoms with Crippen LogP contribution < -0.4 is 9.64 Å². The van der Waals surface area contributed by atoms with Crippen molar-refractivity contribution in [2.45, 2.75) is 26.3 Å². The highest BCUT2D eigenvalue weighted by molar-refractivity contribution is 7.22. The van der Waals surface area contributed by atoms with Crippen molar-refractivity contribution in [3.63, 3.8) is 0 Å². The lowest BCUT2D eigenvalue weighted by molar-refractivity contribution is 0.0983. The van der Waals surface area contributed by atoms with Crippen LogP contribution in [0.15, 0.2) is 95.6 Å². The van der Waals surface area contributed by atoms with Crippen molar-refractivity contribution < 1.29 is 13.9 Å². The predicted octanol–water partition coefficient (Wildman–Crippen LogP) is 7.65. The zero-order valence-electron chi connectivity index (χ0n) is 19.0. The van der Waals surface area contributed by atoms with Crippen LogP contribution in [0.5, 0.6) is 11.5 Å². The van der Waals surface area contributed by atoms with Crippen LogP contribution in [-0.2, 0) is 6.54 Å². The number of carbonyl (C=O) groups is 1. The number of thiazole rings is 1. The largest absolute Gasteiger partial charge is 0.467 e. The Morgan fingerprint density at radius 3 is 2.53 bits per heavy atom. The first-order valence-corrected chi connectivity index (χ1v) is 12.0. The summed E-state index contributed by atoms with van der Waals surface area (Å²) in [5.74, 6) is 2.17. The molecular formula is C28H24N2O3S. The van der Waals surface area contributed by atoms with E-state index in [1.165, 1.54) is 16.9 Å². The number of nitrogens with zero attached hydrogens (tertiary/aromatic N) is 2. The molecule has 0 atom stereocenters. The number of hydrogen-bond acceptors (Lipinski definition) is 5. The zero-order chi connectivity index (χ0) is 23.5. The van der Waals surface area contributed by atoms with Gasteiger partial charge in [-0.2, -0.15) is 0 Å². The number of aromatic nitrogens is 1. The van der Waals surface area contributed by atoms with Gasteiger partial charge in [-0.15, -0.1) is 0 Å². The van der Waals surface area contributed by atoms with Crippen LogP contribution in [-0.4, -0.2) is 10.9 Å². The van der Waals surface area contributed by atoms with Gasteiger partial charge in [-0.1, -0.05) is 61.6 Å². The maximum Gasteiger partial charge on any atom is 0.260 e. The van der Waals surface area contributed by atoms with Gasteiger partial charge in [0.05, 0.1) is 23.0 Å². The Balaban J connectivity index is 1.52. The monoisotopic (exact) mass is 468 g/mol. The smallest absolute Gasteiger partial charge is 0.260 e. The van der Waals surface area contributed by atoms with Crippen LogP contribution >= 0.6 is 11.3 Å². The van der Waals surface area contributed by atoms with Crippen LogP contribution in [0, 0.1) is 0 Å². The van der Waals surface area contributed by atoms with Gasteiger partial charge in [0, 0.05) is 5.56 Å². The van der Waals surface area contributed by atoms with E-state index >= 15 is 0 Å². The van der Waals surface area contributed by atoms with E-state index in [0.29, 0.717) is 33.9 Å². The molecule has 6 heteroatoms. The minimum Gasteiger partial charge on any atom is -0.467 e. The first-order valence-electron chi connectivity index (χ1n) is 11.1. The molecule has 170 valence electrons. The molecule has 3 aromatic carbocycles. The van der Waals surface area contributed by atoms with Gasteiger partial charge in [0.1, 0.15) is 17.3 Å². The molecule has 2 heterocycles. The van der Waals surface area contributed by atoms with E-state index in [4.69, 9.17) is 14.1 Å². The summed E-state index contributed by atoms with van der Waals surface area (Å²) in [5.41, 5.74) is 2.63. The van der Waals surface area contributed by atoms with Crippen molar-refractivity contribution in [1.82, 2.24) is 4.98 Å². The molecule has 0 radical (unpaired) electrons. The molecule has 0 aliphatic carbocycles. The highest BCUT2D eigenvalue weighted by Crippen LogP contribution is 2.35. The second-order valence-electron chi connectivity index (χ2n) is 8.26. The maximum atomic E-state index is 13.8. The summed E-state index contributed by atoms with van der Waals surface area (Å²) >= 11 is 1.51. The molecule has 2 aromatic heterocycles. The van der Waals surface area contributed by atoms with Crippen molar-refractivity contribution in [2.24, 2.45) is 0 Å². The molecule has 0 bridgehead atoms. The third-order valence-corrected chi connectivity index (χ3v) is 6.53. The van der Waals surface area contributed by atoms with E-state index in [2.05, 4.69) is 19.9 Å². The number of rotatable bonds is 7. The van der Waals surface area contributed by atoms with Crippen LogP contribution in [0.3, 0.4) is 0 Å². The molecule has 5 rings (SSSR count). The summed E-state index contributed by atoms with van der Waals surface area (Å²) in [6.45, 7) is 4.59. The highest BCUT2D eigenvalue weighted by atomic mass is 32.1. The fourth-order valence-electron chi connectivity index (χ4n) is 3.80. The van der Waals surface area contributed by atoms with Crippen molar-refractivity contribution in [2.75, 3.05) is 4.90 Å². The van der Waals surface area contributed by atoms with Crippen LogP contribution in [0.4, 0.5) is 5.13 Å². The number of furan rings is 1. The summed E-state index contributed by atoms with van der Waals surface area (Å²) in [4.78, 5) is 20.3. The van der Waals surface area contributed by atoms with E-state index in [0.717, 1.165) is 10.2 Å². The molecule has 0 fully saturated rings. The van der Waals surface area contributed by atoms with Gasteiger partial charge in [0.2, 0.25) is 0 Å². The molecule has 34 heavy (non-hydrogen) atoms. The van der Waals surface area contributed by atoms with E-state index in [1.807, 2.05) is 66.7 Å². The topological polar surface area (TPSA) is 55.6 Å². The maximum absolute atomic E-state index is 13.8. The van der Waals surface area contributed by atoms with Gasteiger partial charge in [-0.25, -0.2) is 4.98 Å². The lowest BCUT2D eigenvalue weighted by atomic mass is 10.0. The van der Waals surface area contributed by atoms with Crippen molar-refractivity contribution in [3.8, 4) is 11.5 Å².